The van der Waals surface area contributed by atoms with Crippen molar-refractivity contribution in [3.8, 4) is 0 Å². The molecule has 0 aromatic rings. The van der Waals surface area contributed by atoms with Crippen LogP contribution in [0.4, 0.5) is 0 Å². The summed E-state index contributed by atoms with van der Waals surface area (Å²) < 4.78 is 10.9. The molecule has 0 radical (unpaired) electrons. The van der Waals surface area contributed by atoms with Crippen molar-refractivity contribution >= 4 is 0 Å². The summed E-state index contributed by atoms with van der Waals surface area (Å²) in [4.78, 5) is 5.10. The third kappa shape index (κ3) is 3.91. The number of rotatable bonds is 4. The average molecular weight is 242 g/mol. The first kappa shape index (κ1) is 13.3. The molecule has 0 saturated carbocycles. The van der Waals surface area contributed by atoms with Gasteiger partial charge in [-0.25, -0.2) is 0 Å². The molecule has 2 atom stereocenters. The molecule has 2 saturated heterocycles. The van der Waals surface area contributed by atoms with E-state index in [9.17, 15) is 0 Å². The van der Waals surface area contributed by atoms with Gasteiger partial charge in [-0.3, -0.25) is 9.80 Å². The molecule has 2 fully saturated rings. The smallest absolute Gasteiger partial charge is 0.0619 e. The van der Waals surface area contributed by atoms with E-state index in [1.54, 1.807) is 0 Å². The molecule has 4 nitrogen and oxygen atoms in total. The molecule has 2 aliphatic heterocycles. The fourth-order valence-corrected chi connectivity index (χ4v) is 2.66. The molecular weight excluding hydrogens is 216 g/mol. The quantitative estimate of drug-likeness (QED) is 0.728. The number of nitrogens with zero attached hydrogens (tertiary/aromatic N) is 2. The van der Waals surface area contributed by atoms with Crippen LogP contribution in [0.25, 0.3) is 0 Å². The zero-order chi connectivity index (χ0) is 12.1. The van der Waals surface area contributed by atoms with Crippen molar-refractivity contribution < 1.29 is 9.47 Å². The first-order chi connectivity index (χ1) is 8.27. The van der Waals surface area contributed by atoms with Gasteiger partial charge in [0.15, 0.2) is 0 Å². The molecular formula is C13H26N2O2. The summed E-state index contributed by atoms with van der Waals surface area (Å²) in [5, 5.41) is 0. The Balaban J connectivity index is 1.64. The van der Waals surface area contributed by atoms with Gasteiger partial charge in [0.2, 0.25) is 0 Å². The van der Waals surface area contributed by atoms with Crippen molar-refractivity contribution in [1.29, 1.82) is 0 Å². The van der Waals surface area contributed by atoms with Crippen molar-refractivity contribution in [1.82, 2.24) is 9.80 Å². The van der Waals surface area contributed by atoms with E-state index in [1.807, 2.05) is 0 Å². The SMILES string of the molecule is C[C@@H]1COCCN1CCCN1CCOC[C@@H]1C. The van der Waals surface area contributed by atoms with Crippen molar-refractivity contribution in [3.05, 3.63) is 0 Å². The third-order valence-electron chi connectivity index (χ3n) is 3.90. The van der Waals surface area contributed by atoms with Gasteiger partial charge in [-0.05, 0) is 33.4 Å². The minimum absolute atomic E-state index is 0.589. The van der Waals surface area contributed by atoms with Crippen LogP contribution in [0, 0.1) is 0 Å². The summed E-state index contributed by atoms with van der Waals surface area (Å²) in [5.41, 5.74) is 0. The zero-order valence-corrected chi connectivity index (χ0v) is 11.2. The number of ether oxygens (including phenoxy) is 2. The maximum atomic E-state index is 5.46. The Kier molecular flexibility index (Phi) is 5.22. The van der Waals surface area contributed by atoms with Gasteiger partial charge < -0.3 is 9.47 Å². The summed E-state index contributed by atoms with van der Waals surface area (Å²) in [7, 11) is 0. The highest BCUT2D eigenvalue weighted by Gasteiger charge is 2.20. The molecule has 0 aromatic heterocycles. The summed E-state index contributed by atoms with van der Waals surface area (Å²) in [6.45, 7) is 12.7. The Morgan fingerprint density at radius 2 is 1.35 bits per heavy atom. The first-order valence-electron chi connectivity index (χ1n) is 6.91. The van der Waals surface area contributed by atoms with E-state index in [4.69, 9.17) is 9.47 Å². The van der Waals surface area contributed by atoms with Gasteiger partial charge in [0.05, 0.1) is 26.4 Å². The Morgan fingerprint density at radius 3 is 1.76 bits per heavy atom. The van der Waals surface area contributed by atoms with Gasteiger partial charge in [-0.1, -0.05) is 0 Å². The second-order valence-electron chi connectivity index (χ2n) is 5.27. The summed E-state index contributed by atoms with van der Waals surface area (Å²) in [6, 6.07) is 1.18. The molecule has 0 unspecified atom stereocenters. The van der Waals surface area contributed by atoms with Crippen molar-refractivity contribution in [2.24, 2.45) is 0 Å². The molecule has 2 aliphatic rings. The van der Waals surface area contributed by atoms with Crippen LogP contribution in [-0.2, 0) is 9.47 Å². The molecule has 4 heteroatoms. The van der Waals surface area contributed by atoms with Gasteiger partial charge in [0.25, 0.3) is 0 Å². The second-order valence-corrected chi connectivity index (χ2v) is 5.27. The fourth-order valence-electron chi connectivity index (χ4n) is 2.66. The van der Waals surface area contributed by atoms with E-state index in [1.165, 1.54) is 19.5 Å². The molecule has 0 spiro atoms. The molecule has 0 bridgehead atoms. The Hall–Kier alpha value is -0.160. The lowest BCUT2D eigenvalue weighted by molar-refractivity contribution is -0.0137. The fraction of sp³-hybridized carbons (Fsp3) is 1.00. The van der Waals surface area contributed by atoms with Crippen LogP contribution < -0.4 is 0 Å². The first-order valence-corrected chi connectivity index (χ1v) is 6.91. The van der Waals surface area contributed by atoms with E-state index in [0.717, 1.165) is 39.5 Å². The molecule has 2 heterocycles. The van der Waals surface area contributed by atoms with Crippen LogP contribution in [0.15, 0.2) is 0 Å². The van der Waals surface area contributed by atoms with Gasteiger partial charge >= 0.3 is 0 Å². The highest BCUT2D eigenvalue weighted by atomic mass is 16.5. The van der Waals surface area contributed by atoms with Crippen molar-refractivity contribution in [2.45, 2.75) is 32.4 Å². The maximum absolute atomic E-state index is 5.46. The average Bonchev–Trinajstić information content (AvgIpc) is 2.34. The lowest BCUT2D eigenvalue weighted by atomic mass is 10.2. The molecule has 0 N–H and O–H groups in total. The van der Waals surface area contributed by atoms with E-state index in [2.05, 4.69) is 23.6 Å². The van der Waals surface area contributed by atoms with Gasteiger partial charge in [-0.15, -0.1) is 0 Å². The molecule has 17 heavy (non-hydrogen) atoms. The van der Waals surface area contributed by atoms with E-state index in [0.29, 0.717) is 12.1 Å². The van der Waals surface area contributed by atoms with E-state index < -0.39 is 0 Å². The van der Waals surface area contributed by atoms with E-state index >= 15 is 0 Å². The van der Waals surface area contributed by atoms with Gasteiger partial charge in [-0.2, -0.15) is 0 Å². The lowest BCUT2D eigenvalue weighted by Gasteiger charge is -2.36. The van der Waals surface area contributed by atoms with E-state index in [-0.39, 0.29) is 0 Å². The number of hydrogen-bond donors (Lipinski definition) is 0. The molecule has 0 aromatic carbocycles. The third-order valence-corrected chi connectivity index (χ3v) is 3.90. The predicted octanol–water partition coefficient (Wildman–Crippen LogP) is 0.818. The van der Waals surface area contributed by atoms with Crippen molar-refractivity contribution in [2.75, 3.05) is 52.6 Å². The standard InChI is InChI=1S/C13H26N2O2/c1-12-10-16-8-6-14(12)4-3-5-15-7-9-17-11-13(15)2/h12-13H,3-11H2,1-2H3/t12-,13+. The van der Waals surface area contributed by atoms with Crippen LogP contribution in [0.2, 0.25) is 0 Å². The molecule has 100 valence electrons. The summed E-state index contributed by atoms with van der Waals surface area (Å²) in [5.74, 6) is 0. The highest BCUT2D eigenvalue weighted by molar-refractivity contribution is 4.74. The Labute approximate surface area is 105 Å². The Morgan fingerprint density at radius 1 is 0.882 bits per heavy atom. The van der Waals surface area contributed by atoms with Gasteiger partial charge in [0.1, 0.15) is 0 Å². The summed E-state index contributed by atoms with van der Waals surface area (Å²) in [6.07, 6.45) is 1.26. The predicted molar refractivity (Wildman–Crippen MR) is 68.3 cm³/mol. The number of morpholine rings is 2. The van der Waals surface area contributed by atoms with Crippen LogP contribution in [0.1, 0.15) is 20.3 Å². The van der Waals surface area contributed by atoms with Gasteiger partial charge in [0, 0.05) is 25.2 Å². The molecule has 2 rings (SSSR count). The maximum Gasteiger partial charge on any atom is 0.0619 e. The zero-order valence-electron chi connectivity index (χ0n) is 11.2. The largest absolute Gasteiger partial charge is 0.379 e. The summed E-state index contributed by atoms with van der Waals surface area (Å²) >= 11 is 0. The normalized spacial score (nSPS) is 32.8. The van der Waals surface area contributed by atoms with Crippen LogP contribution in [0.3, 0.4) is 0 Å². The minimum atomic E-state index is 0.589. The highest BCUT2D eigenvalue weighted by Crippen LogP contribution is 2.09. The number of hydrogen-bond acceptors (Lipinski definition) is 4. The molecule has 0 aliphatic carbocycles. The second kappa shape index (κ2) is 6.69. The van der Waals surface area contributed by atoms with Crippen LogP contribution in [-0.4, -0.2) is 74.5 Å². The lowest BCUT2D eigenvalue weighted by Crippen LogP contribution is -2.47. The Bertz CT molecular complexity index is 203. The van der Waals surface area contributed by atoms with Crippen molar-refractivity contribution in [3.63, 3.8) is 0 Å². The van der Waals surface area contributed by atoms with Crippen LogP contribution in [0.5, 0.6) is 0 Å². The monoisotopic (exact) mass is 242 g/mol. The van der Waals surface area contributed by atoms with Crippen LogP contribution >= 0.6 is 0 Å². The minimum Gasteiger partial charge on any atom is -0.379 e. The molecule has 0 amide bonds. The topological polar surface area (TPSA) is 24.9 Å².